The quantitative estimate of drug-likeness (QED) is 0.563. The Morgan fingerprint density at radius 1 is 1.22 bits per heavy atom. The largest absolute Gasteiger partial charge is 0.493 e. The number of amides is 2. The van der Waals surface area contributed by atoms with Crippen molar-refractivity contribution in [3.05, 3.63) is 66.1 Å². The van der Waals surface area contributed by atoms with E-state index in [1.807, 2.05) is 31.2 Å². The Kier molecular flexibility index (Phi) is 6.84. The molecule has 8 nitrogen and oxygen atoms in total. The highest BCUT2D eigenvalue weighted by Crippen LogP contribution is 2.28. The number of likely N-dealkylation sites (tertiary alicyclic amines) is 1. The molecule has 1 aromatic heterocycles. The summed E-state index contributed by atoms with van der Waals surface area (Å²) in [5.41, 5.74) is 0.643. The smallest absolute Gasteiger partial charge is 0.321 e. The highest BCUT2D eigenvalue weighted by atomic mass is 19.1. The lowest BCUT2D eigenvalue weighted by Gasteiger charge is -2.18. The normalized spacial score (nSPS) is 15.6. The maximum Gasteiger partial charge on any atom is 0.321 e. The van der Waals surface area contributed by atoms with Gasteiger partial charge in [0.25, 0.3) is 0 Å². The second-order valence-electron chi connectivity index (χ2n) is 7.39. The molecule has 1 unspecified atom stereocenters. The van der Waals surface area contributed by atoms with Crippen LogP contribution >= 0.6 is 0 Å². The summed E-state index contributed by atoms with van der Waals surface area (Å²) in [6.07, 6.45) is 1.21. The lowest BCUT2D eigenvalue weighted by atomic mass is 10.1. The lowest BCUT2D eigenvalue weighted by molar-refractivity contribution is 0.221. The third kappa shape index (κ3) is 5.35. The summed E-state index contributed by atoms with van der Waals surface area (Å²) in [6, 6.07) is 13.0. The molecule has 32 heavy (non-hydrogen) atoms. The molecule has 2 aromatic carbocycles. The standard InChI is InChI=1S/C23H25FN4O4/c1-2-30-20-6-4-3-5-19(20)25-23(29)28-13-11-16(15-28)22-26-21(27-32-22)12-14-31-18-9-7-17(24)8-10-18/h3-10,16H,2,11-15H2,1H3,(H,25,29). The molecular formula is C23H25FN4O4. The summed E-state index contributed by atoms with van der Waals surface area (Å²) >= 11 is 0. The molecule has 1 N–H and O–H groups in total. The summed E-state index contributed by atoms with van der Waals surface area (Å²) in [6.45, 7) is 3.86. The van der Waals surface area contributed by atoms with Gasteiger partial charge in [0.15, 0.2) is 5.82 Å². The summed E-state index contributed by atoms with van der Waals surface area (Å²) in [5.74, 6) is 1.96. The van der Waals surface area contributed by atoms with Crippen LogP contribution in [0.2, 0.25) is 0 Å². The number of ether oxygens (including phenoxy) is 2. The van der Waals surface area contributed by atoms with Crippen LogP contribution in [0.15, 0.2) is 53.1 Å². The number of anilines is 1. The highest BCUT2D eigenvalue weighted by Gasteiger charge is 2.31. The zero-order valence-electron chi connectivity index (χ0n) is 17.8. The molecule has 0 bridgehead atoms. The first-order valence-corrected chi connectivity index (χ1v) is 10.6. The predicted molar refractivity (Wildman–Crippen MR) is 115 cm³/mol. The Morgan fingerprint density at radius 3 is 2.84 bits per heavy atom. The van der Waals surface area contributed by atoms with Gasteiger partial charge in [-0.2, -0.15) is 4.98 Å². The SMILES string of the molecule is CCOc1ccccc1NC(=O)N1CCC(c2nc(CCOc3ccc(F)cc3)no2)C1. The monoisotopic (exact) mass is 440 g/mol. The molecule has 0 saturated carbocycles. The van der Waals surface area contributed by atoms with Crippen LogP contribution in [0, 0.1) is 5.82 Å². The van der Waals surface area contributed by atoms with Crippen LogP contribution in [0.25, 0.3) is 0 Å². The number of halogens is 1. The van der Waals surface area contributed by atoms with Gasteiger partial charge in [-0.1, -0.05) is 17.3 Å². The first-order valence-electron chi connectivity index (χ1n) is 10.6. The third-order valence-corrected chi connectivity index (χ3v) is 5.15. The molecule has 1 atom stereocenters. The zero-order valence-corrected chi connectivity index (χ0v) is 17.8. The Labute approximate surface area is 185 Å². The molecule has 2 amide bonds. The molecule has 0 spiro atoms. The van der Waals surface area contributed by atoms with E-state index in [0.29, 0.717) is 61.6 Å². The number of nitrogens with zero attached hydrogens (tertiary/aromatic N) is 3. The van der Waals surface area contributed by atoms with Crippen LogP contribution in [0.5, 0.6) is 11.5 Å². The van der Waals surface area contributed by atoms with E-state index in [1.54, 1.807) is 17.0 Å². The second-order valence-corrected chi connectivity index (χ2v) is 7.39. The van der Waals surface area contributed by atoms with Crippen molar-refractivity contribution >= 4 is 11.7 Å². The lowest BCUT2D eigenvalue weighted by Crippen LogP contribution is -2.33. The van der Waals surface area contributed by atoms with Crippen molar-refractivity contribution in [1.82, 2.24) is 15.0 Å². The molecule has 0 radical (unpaired) electrons. The van der Waals surface area contributed by atoms with Gasteiger partial charge in [0.1, 0.15) is 17.3 Å². The molecule has 168 valence electrons. The maximum absolute atomic E-state index is 12.9. The number of para-hydroxylation sites is 2. The van der Waals surface area contributed by atoms with E-state index in [9.17, 15) is 9.18 Å². The van der Waals surface area contributed by atoms with E-state index >= 15 is 0 Å². The molecule has 1 saturated heterocycles. The minimum Gasteiger partial charge on any atom is -0.493 e. The zero-order chi connectivity index (χ0) is 22.3. The van der Waals surface area contributed by atoms with E-state index in [2.05, 4.69) is 15.5 Å². The number of nitrogens with one attached hydrogen (secondary N) is 1. The fourth-order valence-corrected chi connectivity index (χ4v) is 3.52. The van der Waals surface area contributed by atoms with Gasteiger partial charge in [0, 0.05) is 19.5 Å². The topological polar surface area (TPSA) is 89.7 Å². The van der Waals surface area contributed by atoms with E-state index in [-0.39, 0.29) is 17.8 Å². The molecule has 4 rings (SSSR count). The van der Waals surface area contributed by atoms with Gasteiger partial charge in [-0.25, -0.2) is 9.18 Å². The van der Waals surface area contributed by atoms with E-state index in [0.717, 1.165) is 6.42 Å². The van der Waals surface area contributed by atoms with Gasteiger partial charge < -0.3 is 24.2 Å². The Balaban J connectivity index is 1.27. The fraction of sp³-hybridized carbons (Fsp3) is 0.348. The average Bonchev–Trinajstić information content (AvgIpc) is 3.46. The molecule has 1 aliphatic heterocycles. The maximum atomic E-state index is 12.9. The first-order chi connectivity index (χ1) is 15.6. The third-order valence-electron chi connectivity index (χ3n) is 5.15. The number of carbonyl (C=O) groups is 1. The molecule has 9 heteroatoms. The summed E-state index contributed by atoms with van der Waals surface area (Å²) in [7, 11) is 0. The summed E-state index contributed by atoms with van der Waals surface area (Å²) < 4.78 is 29.5. The molecule has 2 heterocycles. The number of urea groups is 1. The number of rotatable bonds is 8. The van der Waals surface area contributed by atoms with Crippen molar-refractivity contribution in [3.63, 3.8) is 0 Å². The molecule has 3 aromatic rings. The Hall–Kier alpha value is -3.62. The van der Waals surface area contributed by atoms with Crippen molar-refractivity contribution in [3.8, 4) is 11.5 Å². The van der Waals surface area contributed by atoms with Crippen molar-refractivity contribution in [2.75, 3.05) is 31.6 Å². The van der Waals surface area contributed by atoms with Crippen molar-refractivity contribution in [2.45, 2.75) is 25.7 Å². The number of hydrogen-bond acceptors (Lipinski definition) is 6. The highest BCUT2D eigenvalue weighted by molar-refractivity contribution is 5.91. The predicted octanol–water partition coefficient (Wildman–Crippen LogP) is 4.25. The van der Waals surface area contributed by atoms with Crippen molar-refractivity contribution in [1.29, 1.82) is 0 Å². The van der Waals surface area contributed by atoms with Gasteiger partial charge in [0.2, 0.25) is 5.89 Å². The van der Waals surface area contributed by atoms with Crippen molar-refractivity contribution < 1.29 is 23.2 Å². The van der Waals surface area contributed by atoms with Crippen LogP contribution in [0.4, 0.5) is 14.9 Å². The first kappa shape index (κ1) is 21.6. The van der Waals surface area contributed by atoms with Gasteiger partial charge >= 0.3 is 6.03 Å². The molecule has 1 fully saturated rings. The van der Waals surface area contributed by atoms with E-state index < -0.39 is 0 Å². The van der Waals surface area contributed by atoms with Crippen molar-refractivity contribution in [2.24, 2.45) is 0 Å². The Morgan fingerprint density at radius 2 is 2.03 bits per heavy atom. The number of benzene rings is 2. The van der Waals surface area contributed by atoms with Gasteiger partial charge in [-0.05, 0) is 49.7 Å². The summed E-state index contributed by atoms with van der Waals surface area (Å²) in [4.78, 5) is 18.9. The van der Waals surface area contributed by atoms with Crippen LogP contribution in [-0.2, 0) is 6.42 Å². The van der Waals surface area contributed by atoms with Gasteiger partial charge in [0.05, 0.1) is 24.8 Å². The van der Waals surface area contributed by atoms with Crippen LogP contribution in [0.1, 0.15) is 31.0 Å². The number of carbonyl (C=O) groups excluding carboxylic acids is 1. The molecule has 0 aliphatic carbocycles. The Bertz CT molecular complexity index is 1040. The minimum atomic E-state index is -0.307. The molecule has 1 aliphatic rings. The van der Waals surface area contributed by atoms with Crippen LogP contribution in [0.3, 0.4) is 0 Å². The van der Waals surface area contributed by atoms with Gasteiger partial charge in [-0.15, -0.1) is 0 Å². The minimum absolute atomic E-state index is 0.0119. The van der Waals surface area contributed by atoms with Crippen LogP contribution in [-0.4, -0.2) is 47.4 Å². The van der Waals surface area contributed by atoms with E-state index in [1.165, 1.54) is 12.1 Å². The van der Waals surface area contributed by atoms with E-state index in [4.69, 9.17) is 14.0 Å². The average molecular weight is 440 g/mol. The fourth-order valence-electron chi connectivity index (χ4n) is 3.52. The second kappa shape index (κ2) is 10.1. The number of hydrogen-bond donors (Lipinski definition) is 1. The van der Waals surface area contributed by atoms with Gasteiger partial charge in [-0.3, -0.25) is 0 Å². The molecular weight excluding hydrogens is 415 g/mol. The van der Waals surface area contributed by atoms with Crippen LogP contribution < -0.4 is 14.8 Å². The summed E-state index contributed by atoms with van der Waals surface area (Å²) in [5, 5.41) is 6.93. The number of aromatic nitrogens is 2.